The molecule has 0 saturated heterocycles. The number of methoxy groups -OCH3 is 3. The van der Waals surface area contributed by atoms with E-state index in [-0.39, 0.29) is 0 Å². The number of benzene rings is 1. The van der Waals surface area contributed by atoms with Crippen LogP contribution in [0.25, 0.3) is 0 Å². The van der Waals surface area contributed by atoms with Crippen LogP contribution in [0.5, 0.6) is 11.5 Å². The first kappa shape index (κ1) is 12.8. The molecule has 1 rings (SSSR count). The van der Waals surface area contributed by atoms with Gasteiger partial charge in [-0.3, -0.25) is 0 Å². The molecule has 0 bridgehead atoms. The lowest BCUT2D eigenvalue weighted by Crippen LogP contribution is -2.02. The average Bonchev–Trinajstić information content (AvgIpc) is 2.27. The van der Waals surface area contributed by atoms with Crippen molar-refractivity contribution in [2.24, 2.45) is 0 Å². The van der Waals surface area contributed by atoms with Crippen molar-refractivity contribution >= 4 is 0 Å². The van der Waals surface area contributed by atoms with Crippen LogP contribution in [0.3, 0.4) is 0 Å². The van der Waals surface area contributed by atoms with E-state index in [2.05, 4.69) is 0 Å². The number of rotatable bonds is 5. The summed E-state index contributed by atoms with van der Waals surface area (Å²) in [6.45, 7) is 2.16. The molecule has 1 aromatic rings. The molecule has 1 atom stereocenters. The van der Waals surface area contributed by atoms with Crippen LogP contribution in [0.2, 0.25) is 0 Å². The largest absolute Gasteiger partial charge is 0.496 e. The van der Waals surface area contributed by atoms with Crippen molar-refractivity contribution in [3.63, 3.8) is 0 Å². The van der Waals surface area contributed by atoms with Crippen LogP contribution in [0, 0.1) is 0 Å². The molecule has 0 spiro atoms. The van der Waals surface area contributed by atoms with Gasteiger partial charge >= 0.3 is 0 Å². The topological polar surface area (TPSA) is 47.9 Å². The van der Waals surface area contributed by atoms with Gasteiger partial charge in [0.25, 0.3) is 0 Å². The number of aliphatic hydroxyl groups excluding tert-OH is 1. The summed E-state index contributed by atoms with van der Waals surface area (Å²) in [6, 6.07) is 3.68. The summed E-state index contributed by atoms with van der Waals surface area (Å²) >= 11 is 0. The zero-order chi connectivity index (χ0) is 12.1. The highest BCUT2D eigenvalue weighted by Gasteiger charge is 2.16. The summed E-state index contributed by atoms with van der Waals surface area (Å²) in [6.07, 6.45) is -0.638. The molecule has 0 saturated carbocycles. The molecule has 1 aromatic carbocycles. The fourth-order valence-corrected chi connectivity index (χ4v) is 1.65. The summed E-state index contributed by atoms with van der Waals surface area (Å²) in [5.74, 6) is 1.22. The van der Waals surface area contributed by atoms with Crippen LogP contribution in [-0.2, 0) is 11.3 Å². The molecule has 0 aliphatic heterocycles. The van der Waals surface area contributed by atoms with Gasteiger partial charge in [0, 0.05) is 7.11 Å². The van der Waals surface area contributed by atoms with Crippen LogP contribution in [0.15, 0.2) is 12.1 Å². The third-order valence-electron chi connectivity index (χ3n) is 2.33. The van der Waals surface area contributed by atoms with Gasteiger partial charge in [-0.1, -0.05) is 0 Å². The standard InChI is InChI=1S/C12H18O4/c1-8(13)12-10(15-3)5-9(7-14-2)6-11(12)16-4/h5-6,8,13H,7H2,1-4H3. The maximum Gasteiger partial charge on any atom is 0.128 e. The molecule has 1 unspecified atom stereocenters. The summed E-state index contributed by atoms with van der Waals surface area (Å²) in [5, 5.41) is 9.68. The molecule has 16 heavy (non-hydrogen) atoms. The number of aliphatic hydroxyl groups is 1. The third kappa shape index (κ3) is 2.65. The molecule has 0 radical (unpaired) electrons. The first-order valence-corrected chi connectivity index (χ1v) is 5.05. The van der Waals surface area contributed by atoms with E-state index in [1.54, 1.807) is 28.3 Å². The smallest absolute Gasteiger partial charge is 0.128 e. The van der Waals surface area contributed by atoms with Crippen molar-refractivity contribution in [1.82, 2.24) is 0 Å². The van der Waals surface area contributed by atoms with E-state index in [4.69, 9.17) is 14.2 Å². The Kier molecular flexibility index (Phi) is 4.58. The molecule has 4 nitrogen and oxygen atoms in total. The number of hydrogen-bond acceptors (Lipinski definition) is 4. The van der Waals surface area contributed by atoms with Gasteiger partial charge in [0.1, 0.15) is 11.5 Å². The Balaban J connectivity index is 3.25. The lowest BCUT2D eigenvalue weighted by molar-refractivity contribution is 0.180. The summed E-state index contributed by atoms with van der Waals surface area (Å²) in [4.78, 5) is 0. The maximum absolute atomic E-state index is 9.68. The maximum atomic E-state index is 9.68. The molecular weight excluding hydrogens is 208 g/mol. The molecule has 0 fully saturated rings. The van der Waals surface area contributed by atoms with Gasteiger partial charge in [-0.2, -0.15) is 0 Å². The van der Waals surface area contributed by atoms with E-state index in [0.29, 0.717) is 23.7 Å². The van der Waals surface area contributed by atoms with Gasteiger partial charge < -0.3 is 19.3 Å². The fourth-order valence-electron chi connectivity index (χ4n) is 1.65. The van der Waals surface area contributed by atoms with Crippen LogP contribution in [0.4, 0.5) is 0 Å². The SMILES string of the molecule is COCc1cc(OC)c(C(C)O)c(OC)c1. The predicted octanol–water partition coefficient (Wildman–Crippen LogP) is 1.90. The van der Waals surface area contributed by atoms with Gasteiger partial charge in [0.15, 0.2) is 0 Å². The zero-order valence-corrected chi connectivity index (χ0v) is 10.1. The molecule has 0 aliphatic carbocycles. The highest BCUT2D eigenvalue weighted by atomic mass is 16.5. The predicted molar refractivity (Wildman–Crippen MR) is 60.9 cm³/mol. The normalized spacial score (nSPS) is 12.3. The summed E-state index contributed by atoms with van der Waals surface area (Å²) in [5.41, 5.74) is 1.60. The Bertz CT molecular complexity index is 322. The quantitative estimate of drug-likeness (QED) is 0.833. The summed E-state index contributed by atoms with van der Waals surface area (Å²) in [7, 11) is 4.76. The number of hydrogen-bond donors (Lipinski definition) is 1. The molecule has 0 aromatic heterocycles. The Morgan fingerprint density at radius 3 is 1.94 bits per heavy atom. The van der Waals surface area contributed by atoms with Gasteiger partial charge in [-0.05, 0) is 24.6 Å². The van der Waals surface area contributed by atoms with Gasteiger partial charge in [0.2, 0.25) is 0 Å². The van der Waals surface area contributed by atoms with E-state index in [0.717, 1.165) is 5.56 Å². The van der Waals surface area contributed by atoms with Gasteiger partial charge in [-0.25, -0.2) is 0 Å². The Morgan fingerprint density at radius 2 is 1.62 bits per heavy atom. The molecule has 0 aliphatic rings. The minimum Gasteiger partial charge on any atom is -0.496 e. The Morgan fingerprint density at radius 1 is 1.12 bits per heavy atom. The average molecular weight is 226 g/mol. The van der Waals surface area contributed by atoms with E-state index >= 15 is 0 Å². The summed E-state index contributed by atoms with van der Waals surface area (Å²) < 4.78 is 15.5. The first-order valence-electron chi connectivity index (χ1n) is 5.05. The van der Waals surface area contributed by atoms with E-state index in [9.17, 15) is 5.11 Å². The Hall–Kier alpha value is -1.26. The second-order valence-corrected chi connectivity index (χ2v) is 3.52. The molecular formula is C12H18O4. The minimum absolute atomic E-state index is 0.479. The van der Waals surface area contributed by atoms with Crippen molar-refractivity contribution in [3.05, 3.63) is 23.3 Å². The van der Waals surface area contributed by atoms with Crippen molar-refractivity contribution in [2.45, 2.75) is 19.6 Å². The van der Waals surface area contributed by atoms with Gasteiger partial charge in [0.05, 0.1) is 32.5 Å². The molecule has 0 amide bonds. The monoisotopic (exact) mass is 226 g/mol. The van der Waals surface area contributed by atoms with Crippen molar-refractivity contribution in [2.75, 3.05) is 21.3 Å². The lowest BCUT2D eigenvalue weighted by atomic mass is 10.0. The zero-order valence-electron chi connectivity index (χ0n) is 10.1. The van der Waals surface area contributed by atoms with Crippen LogP contribution >= 0.6 is 0 Å². The minimum atomic E-state index is -0.638. The first-order chi connectivity index (χ1) is 7.63. The highest BCUT2D eigenvalue weighted by molar-refractivity contribution is 5.49. The second kappa shape index (κ2) is 5.72. The number of ether oxygens (including phenoxy) is 3. The van der Waals surface area contributed by atoms with E-state index < -0.39 is 6.10 Å². The van der Waals surface area contributed by atoms with Crippen molar-refractivity contribution in [3.8, 4) is 11.5 Å². The highest BCUT2D eigenvalue weighted by Crippen LogP contribution is 2.35. The fraction of sp³-hybridized carbons (Fsp3) is 0.500. The molecule has 4 heteroatoms. The van der Waals surface area contributed by atoms with E-state index in [1.165, 1.54) is 0 Å². The second-order valence-electron chi connectivity index (χ2n) is 3.52. The van der Waals surface area contributed by atoms with Crippen molar-refractivity contribution < 1.29 is 19.3 Å². The van der Waals surface area contributed by atoms with Crippen LogP contribution in [-0.4, -0.2) is 26.4 Å². The molecule has 1 N–H and O–H groups in total. The van der Waals surface area contributed by atoms with Gasteiger partial charge in [-0.15, -0.1) is 0 Å². The van der Waals surface area contributed by atoms with E-state index in [1.807, 2.05) is 12.1 Å². The lowest BCUT2D eigenvalue weighted by Gasteiger charge is -2.17. The molecule has 0 heterocycles. The third-order valence-corrected chi connectivity index (χ3v) is 2.33. The Labute approximate surface area is 95.8 Å². The van der Waals surface area contributed by atoms with Crippen molar-refractivity contribution in [1.29, 1.82) is 0 Å². The molecule has 90 valence electrons. The van der Waals surface area contributed by atoms with Crippen LogP contribution < -0.4 is 9.47 Å². The van der Waals surface area contributed by atoms with Crippen LogP contribution in [0.1, 0.15) is 24.2 Å².